The second-order valence-corrected chi connectivity index (χ2v) is 6.06. The molecule has 1 aliphatic heterocycles. The van der Waals surface area contributed by atoms with Crippen LogP contribution in [0.2, 0.25) is 0 Å². The highest BCUT2D eigenvalue weighted by molar-refractivity contribution is 6.14. The number of carbonyl (C=O) groups excluding carboxylic acids is 3. The van der Waals surface area contributed by atoms with Gasteiger partial charge in [-0.2, -0.15) is 0 Å². The number of amides is 2. The van der Waals surface area contributed by atoms with Crippen LogP contribution in [0.15, 0.2) is 54.6 Å². The standard InChI is InChI=1S/C20H20N2O6/c1-26-15-10-8-14(9-11-15)22-17(19(24)27-2)16(18(22)23)21-20(25)28-12-13-6-4-3-5-7-13/h3-11,16-17H,12H2,1-2H3,(H,21,25). The van der Waals surface area contributed by atoms with Crippen LogP contribution < -0.4 is 15.0 Å². The highest BCUT2D eigenvalue weighted by Crippen LogP contribution is 2.30. The summed E-state index contributed by atoms with van der Waals surface area (Å²) in [5.74, 6) is -0.452. The molecule has 0 radical (unpaired) electrons. The van der Waals surface area contributed by atoms with Gasteiger partial charge >= 0.3 is 12.1 Å². The van der Waals surface area contributed by atoms with Crippen molar-refractivity contribution in [2.45, 2.75) is 18.7 Å². The van der Waals surface area contributed by atoms with E-state index in [9.17, 15) is 14.4 Å². The summed E-state index contributed by atoms with van der Waals surface area (Å²) in [4.78, 5) is 38.1. The summed E-state index contributed by atoms with van der Waals surface area (Å²) in [5.41, 5.74) is 1.30. The molecule has 28 heavy (non-hydrogen) atoms. The average Bonchev–Trinajstić information content (AvgIpc) is 2.74. The number of nitrogens with one attached hydrogen (secondary N) is 1. The summed E-state index contributed by atoms with van der Waals surface area (Å²) in [6.45, 7) is 0.0542. The Morgan fingerprint density at radius 2 is 1.71 bits per heavy atom. The second-order valence-electron chi connectivity index (χ2n) is 6.06. The van der Waals surface area contributed by atoms with Crippen LogP contribution >= 0.6 is 0 Å². The molecular weight excluding hydrogens is 364 g/mol. The van der Waals surface area contributed by atoms with Gasteiger partial charge in [0.1, 0.15) is 18.4 Å². The van der Waals surface area contributed by atoms with Crippen LogP contribution in [0.1, 0.15) is 5.56 Å². The molecule has 1 N–H and O–H groups in total. The average molecular weight is 384 g/mol. The van der Waals surface area contributed by atoms with Gasteiger partial charge < -0.3 is 19.5 Å². The van der Waals surface area contributed by atoms with Gasteiger partial charge in [0.2, 0.25) is 0 Å². The van der Waals surface area contributed by atoms with Gasteiger partial charge in [0.15, 0.2) is 6.04 Å². The zero-order valence-electron chi connectivity index (χ0n) is 15.5. The lowest BCUT2D eigenvalue weighted by atomic mass is 9.94. The maximum Gasteiger partial charge on any atom is 0.408 e. The van der Waals surface area contributed by atoms with Crippen molar-refractivity contribution in [3.63, 3.8) is 0 Å². The molecule has 8 nitrogen and oxygen atoms in total. The van der Waals surface area contributed by atoms with Gasteiger partial charge in [-0.3, -0.25) is 9.69 Å². The molecule has 2 aromatic rings. The topological polar surface area (TPSA) is 94.2 Å². The van der Waals surface area contributed by atoms with Gasteiger partial charge in [-0.25, -0.2) is 9.59 Å². The fourth-order valence-corrected chi connectivity index (χ4v) is 2.91. The lowest BCUT2D eigenvalue weighted by Crippen LogP contribution is -2.74. The number of anilines is 1. The van der Waals surface area contributed by atoms with E-state index in [-0.39, 0.29) is 6.61 Å². The minimum Gasteiger partial charge on any atom is -0.497 e. The van der Waals surface area contributed by atoms with E-state index in [0.717, 1.165) is 5.56 Å². The Labute approximate surface area is 162 Å². The first kappa shape index (κ1) is 19.2. The van der Waals surface area contributed by atoms with Gasteiger partial charge in [0.05, 0.1) is 14.2 Å². The SMILES string of the molecule is COC(=O)C1C(NC(=O)OCc2ccccc2)C(=O)N1c1ccc(OC)cc1. The third-order valence-electron chi connectivity index (χ3n) is 4.38. The fourth-order valence-electron chi connectivity index (χ4n) is 2.91. The number of ether oxygens (including phenoxy) is 3. The number of hydrogen-bond donors (Lipinski definition) is 1. The number of alkyl carbamates (subject to hydrolysis) is 1. The number of carbonyl (C=O) groups is 3. The number of β-lactam (4-membered cyclic amide) rings is 1. The van der Waals surface area contributed by atoms with E-state index in [1.807, 2.05) is 30.3 Å². The lowest BCUT2D eigenvalue weighted by molar-refractivity contribution is -0.149. The third-order valence-corrected chi connectivity index (χ3v) is 4.38. The number of hydrogen-bond acceptors (Lipinski definition) is 6. The molecule has 3 rings (SSSR count). The Balaban J connectivity index is 1.67. The van der Waals surface area contributed by atoms with Gasteiger partial charge in [0, 0.05) is 5.69 Å². The summed E-state index contributed by atoms with van der Waals surface area (Å²) in [6.07, 6.45) is -0.787. The molecule has 146 valence electrons. The molecule has 2 atom stereocenters. The zero-order chi connectivity index (χ0) is 20.1. The number of benzene rings is 2. The van der Waals surface area contributed by atoms with Crippen LogP contribution in [-0.4, -0.2) is 44.3 Å². The summed E-state index contributed by atoms with van der Waals surface area (Å²) < 4.78 is 15.0. The number of esters is 1. The number of rotatable bonds is 6. The quantitative estimate of drug-likeness (QED) is 0.604. The Morgan fingerprint density at radius 1 is 1.04 bits per heavy atom. The molecule has 1 heterocycles. The van der Waals surface area contributed by atoms with Gasteiger partial charge in [-0.05, 0) is 29.8 Å². The predicted octanol–water partition coefficient (Wildman–Crippen LogP) is 1.88. The van der Waals surface area contributed by atoms with Crippen LogP contribution in [0, 0.1) is 0 Å². The van der Waals surface area contributed by atoms with Crippen molar-refractivity contribution in [2.75, 3.05) is 19.1 Å². The highest BCUT2D eigenvalue weighted by atomic mass is 16.5. The van der Waals surface area contributed by atoms with Crippen LogP contribution in [0.5, 0.6) is 5.75 Å². The number of methoxy groups -OCH3 is 2. The summed E-state index contributed by atoms with van der Waals surface area (Å²) in [6, 6.07) is 13.7. The van der Waals surface area contributed by atoms with E-state index < -0.39 is 30.1 Å². The van der Waals surface area contributed by atoms with E-state index in [2.05, 4.69) is 5.32 Å². The molecule has 2 unspecified atom stereocenters. The molecule has 2 amide bonds. The van der Waals surface area contributed by atoms with Gasteiger partial charge in [-0.15, -0.1) is 0 Å². The van der Waals surface area contributed by atoms with Crippen molar-refractivity contribution in [1.29, 1.82) is 0 Å². The van der Waals surface area contributed by atoms with Crippen molar-refractivity contribution >= 4 is 23.7 Å². The molecule has 1 saturated heterocycles. The van der Waals surface area contributed by atoms with Gasteiger partial charge in [0.25, 0.3) is 5.91 Å². The summed E-state index contributed by atoms with van der Waals surface area (Å²) in [5, 5.41) is 2.45. The third kappa shape index (κ3) is 3.90. The molecule has 8 heteroatoms. The van der Waals surface area contributed by atoms with Crippen LogP contribution in [0.3, 0.4) is 0 Å². The van der Waals surface area contributed by atoms with Crippen LogP contribution in [-0.2, 0) is 25.7 Å². The zero-order valence-corrected chi connectivity index (χ0v) is 15.5. The minimum atomic E-state index is -1.06. The first-order valence-electron chi connectivity index (χ1n) is 8.57. The molecule has 2 aromatic carbocycles. The van der Waals surface area contributed by atoms with Crippen molar-refractivity contribution in [3.05, 3.63) is 60.2 Å². The van der Waals surface area contributed by atoms with Crippen LogP contribution in [0.25, 0.3) is 0 Å². The van der Waals surface area contributed by atoms with E-state index in [4.69, 9.17) is 14.2 Å². The summed E-state index contributed by atoms with van der Waals surface area (Å²) in [7, 11) is 2.75. The van der Waals surface area contributed by atoms with E-state index >= 15 is 0 Å². The molecule has 0 saturated carbocycles. The smallest absolute Gasteiger partial charge is 0.408 e. The van der Waals surface area contributed by atoms with Crippen LogP contribution in [0.4, 0.5) is 10.5 Å². The molecule has 0 aromatic heterocycles. The van der Waals surface area contributed by atoms with Crippen molar-refractivity contribution in [2.24, 2.45) is 0 Å². The largest absolute Gasteiger partial charge is 0.497 e. The maximum atomic E-state index is 12.6. The van der Waals surface area contributed by atoms with Crippen molar-refractivity contribution in [1.82, 2.24) is 5.32 Å². The van der Waals surface area contributed by atoms with Gasteiger partial charge in [-0.1, -0.05) is 30.3 Å². The van der Waals surface area contributed by atoms with Crippen molar-refractivity contribution in [3.8, 4) is 5.75 Å². The molecule has 0 bridgehead atoms. The lowest BCUT2D eigenvalue weighted by Gasteiger charge is -2.44. The Kier molecular flexibility index (Phi) is 5.78. The predicted molar refractivity (Wildman–Crippen MR) is 99.8 cm³/mol. The highest BCUT2D eigenvalue weighted by Gasteiger charge is 2.54. The fraction of sp³-hybridized carbons (Fsp3) is 0.250. The molecule has 1 aliphatic rings. The molecule has 1 fully saturated rings. The second kappa shape index (κ2) is 8.43. The summed E-state index contributed by atoms with van der Waals surface area (Å²) >= 11 is 0. The Morgan fingerprint density at radius 3 is 2.32 bits per heavy atom. The van der Waals surface area contributed by atoms with E-state index in [0.29, 0.717) is 11.4 Å². The van der Waals surface area contributed by atoms with E-state index in [1.54, 1.807) is 24.3 Å². The minimum absolute atomic E-state index is 0.0542. The van der Waals surface area contributed by atoms with E-state index in [1.165, 1.54) is 19.1 Å². The normalized spacial score (nSPS) is 18.1. The number of nitrogens with zero attached hydrogens (tertiary/aromatic N) is 1. The molecule has 0 aliphatic carbocycles. The van der Waals surface area contributed by atoms with Crippen molar-refractivity contribution < 1.29 is 28.6 Å². The first-order valence-corrected chi connectivity index (χ1v) is 8.57. The molecular formula is C20H20N2O6. The Bertz CT molecular complexity index is 853. The molecule has 0 spiro atoms. The Hall–Kier alpha value is -3.55. The monoisotopic (exact) mass is 384 g/mol. The first-order chi connectivity index (χ1) is 13.5. The maximum absolute atomic E-state index is 12.6.